The number of hydrogen-bond acceptors (Lipinski definition) is 5. The lowest BCUT2D eigenvalue weighted by Gasteiger charge is -2.01. The molecule has 0 aliphatic heterocycles. The Hall–Kier alpha value is -1.85. The molecule has 0 amide bonds. The maximum atomic E-state index is 10.2. The van der Waals surface area contributed by atoms with E-state index in [-0.39, 0.29) is 11.4 Å². The first-order chi connectivity index (χ1) is 5.65. The van der Waals surface area contributed by atoms with E-state index in [1.165, 1.54) is 6.07 Å². The minimum atomic E-state index is -0.539. The summed E-state index contributed by atoms with van der Waals surface area (Å²) in [4.78, 5) is 13.4. The van der Waals surface area contributed by atoms with E-state index in [1.807, 2.05) is 0 Å². The van der Waals surface area contributed by atoms with E-state index in [9.17, 15) is 10.1 Å². The molecular weight excluding hydrogens is 160 g/mol. The van der Waals surface area contributed by atoms with Crippen LogP contribution in [0.25, 0.3) is 0 Å². The maximum Gasteiger partial charge on any atom is 0.289 e. The van der Waals surface area contributed by atoms with E-state index in [0.29, 0.717) is 5.82 Å². The molecule has 0 radical (unpaired) electrons. The molecule has 0 unspecified atom stereocenters. The monoisotopic (exact) mass is 168 g/mol. The number of nitrogens with zero attached hydrogens (tertiary/aromatic N) is 2. The predicted molar refractivity (Wildman–Crippen MR) is 44.9 cm³/mol. The number of pyridine rings is 1. The first-order valence-corrected chi connectivity index (χ1v) is 3.23. The summed E-state index contributed by atoms with van der Waals surface area (Å²) in [5, 5.41) is 12.9. The highest BCUT2D eigenvalue weighted by Gasteiger charge is 2.08. The predicted octanol–water partition coefficient (Wildman–Crippen LogP) is 0.614. The molecule has 0 bridgehead atoms. The van der Waals surface area contributed by atoms with Crippen LogP contribution in [0.3, 0.4) is 0 Å². The van der Waals surface area contributed by atoms with Crippen LogP contribution in [0.2, 0.25) is 0 Å². The second-order valence-corrected chi connectivity index (χ2v) is 2.14. The van der Waals surface area contributed by atoms with Gasteiger partial charge in [0.05, 0.1) is 10.6 Å². The van der Waals surface area contributed by atoms with E-state index in [1.54, 1.807) is 7.05 Å². The summed E-state index contributed by atoms with van der Waals surface area (Å²) < 4.78 is 0. The lowest BCUT2D eigenvalue weighted by atomic mass is 10.3. The number of anilines is 2. The minimum absolute atomic E-state index is 0.105. The number of nitrogen functional groups attached to an aromatic ring is 1. The molecule has 3 N–H and O–H groups in total. The fraction of sp³-hybridized carbons (Fsp3) is 0.167. The van der Waals surface area contributed by atoms with Crippen LogP contribution in [-0.4, -0.2) is 17.0 Å². The average Bonchev–Trinajstić information content (AvgIpc) is 2.04. The highest BCUT2D eigenvalue weighted by molar-refractivity contribution is 5.63. The van der Waals surface area contributed by atoms with Gasteiger partial charge >= 0.3 is 0 Å². The van der Waals surface area contributed by atoms with Crippen LogP contribution in [0.5, 0.6) is 0 Å². The number of hydrogen-bond donors (Lipinski definition) is 2. The van der Waals surface area contributed by atoms with Gasteiger partial charge in [-0.25, -0.2) is 4.98 Å². The third-order valence-corrected chi connectivity index (χ3v) is 1.35. The molecule has 6 nitrogen and oxygen atoms in total. The zero-order valence-electron chi connectivity index (χ0n) is 6.44. The summed E-state index contributed by atoms with van der Waals surface area (Å²) >= 11 is 0. The number of nitrogens with one attached hydrogen (secondary N) is 1. The Labute approximate surface area is 68.6 Å². The van der Waals surface area contributed by atoms with Gasteiger partial charge in [-0.1, -0.05) is 0 Å². The van der Waals surface area contributed by atoms with Crippen molar-refractivity contribution in [1.29, 1.82) is 0 Å². The van der Waals surface area contributed by atoms with Gasteiger partial charge in [0.25, 0.3) is 5.69 Å². The number of nitrogens with two attached hydrogens (primary N) is 1. The summed E-state index contributed by atoms with van der Waals surface area (Å²) in [6.45, 7) is 0. The number of nitro groups is 1. The average molecular weight is 168 g/mol. The Morgan fingerprint density at radius 1 is 1.75 bits per heavy atom. The fourth-order valence-electron chi connectivity index (χ4n) is 0.779. The summed E-state index contributed by atoms with van der Waals surface area (Å²) in [6, 6.07) is 1.26. The Balaban J connectivity index is 3.10. The SMILES string of the molecule is CNc1ncc([N+](=O)[O-])cc1N. The second-order valence-electron chi connectivity index (χ2n) is 2.14. The highest BCUT2D eigenvalue weighted by atomic mass is 16.6. The van der Waals surface area contributed by atoms with E-state index in [4.69, 9.17) is 5.73 Å². The first kappa shape index (κ1) is 8.25. The maximum absolute atomic E-state index is 10.2. The molecule has 0 spiro atoms. The van der Waals surface area contributed by atoms with Crippen molar-refractivity contribution < 1.29 is 4.92 Å². The lowest BCUT2D eigenvalue weighted by molar-refractivity contribution is -0.385. The van der Waals surface area contributed by atoms with Gasteiger partial charge in [0.15, 0.2) is 0 Å². The third-order valence-electron chi connectivity index (χ3n) is 1.35. The second kappa shape index (κ2) is 3.04. The number of rotatable bonds is 2. The van der Waals surface area contributed by atoms with Crippen LogP contribution in [-0.2, 0) is 0 Å². The summed E-state index contributed by atoms with van der Waals surface area (Å²) in [6.07, 6.45) is 1.15. The van der Waals surface area contributed by atoms with E-state index >= 15 is 0 Å². The van der Waals surface area contributed by atoms with Gasteiger partial charge in [0.1, 0.15) is 12.0 Å². The van der Waals surface area contributed by atoms with Crippen LogP contribution in [0, 0.1) is 10.1 Å². The molecule has 1 heterocycles. The molecule has 0 fully saturated rings. The van der Waals surface area contributed by atoms with Gasteiger partial charge in [-0.3, -0.25) is 10.1 Å². The van der Waals surface area contributed by atoms with Gasteiger partial charge in [-0.2, -0.15) is 0 Å². The van der Waals surface area contributed by atoms with Crippen LogP contribution >= 0.6 is 0 Å². The standard InChI is InChI=1S/C6H8N4O2/c1-8-6-5(7)2-4(3-9-6)10(11)12/h2-3H,7H2,1H3,(H,8,9). The number of aromatic nitrogens is 1. The van der Waals surface area contributed by atoms with Crippen LogP contribution in [0.1, 0.15) is 0 Å². The minimum Gasteiger partial charge on any atom is -0.396 e. The largest absolute Gasteiger partial charge is 0.396 e. The summed E-state index contributed by atoms with van der Waals surface area (Å²) in [7, 11) is 1.64. The van der Waals surface area contributed by atoms with Crippen molar-refractivity contribution in [3.63, 3.8) is 0 Å². The Kier molecular flexibility index (Phi) is 2.09. The van der Waals surface area contributed by atoms with Crippen molar-refractivity contribution in [1.82, 2.24) is 4.98 Å². The van der Waals surface area contributed by atoms with Gasteiger partial charge in [-0.05, 0) is 0 Å². The van der Waals surface area contributed by atoms with Gasteiger partial charge in [-0.15, -0.1) is 0 Å². The van der Waals surface area contributed by atoms with E-state index in [0.717, 1.165) is 6.20 Å². The zero-order chi connectivity index (χ0) is 9.14. The quantitative estimate of drug-likeness (QED) is 0.498. The topological polar surface area (TPSA) is 94.1 Å². The molecule has 12 heavy (non-hydrogen) atoms. The summed E-state index contributed by atoms with van der Waals surface area (Å²) in [5.74, 6) is 0.445. The van der Waals surface area contributed by atoms with Crippen LogP contribution < -0.4 is 11.1 Å². The molecule has 0 atom stereocenters. The molecular formula is C6H8N4O2. The van der Waals surface area contributed by atoms with Crippen LogP contribution in [0.15, 0.2) is 12.3 Å². The molecule has 0 aliphatic carbocycles. The summed E-state index contributed by atoms with van der Waals surface area (Å²) in [5.41, 5.74) is 5.61. The van der Waals surface area contributed by atoms with Crippen molar-refractivity contribution in [3.8, 4) is 0 Å². The van der Waals surface area contributed by atoms with Crippen molar-refractivity contribution in [3.05, 3.63) is 22.4 Å². The third kappa shape index (κ3) is 1.42. The molecule has 1 aromatic rings. The molecule has 0 saturated carbocycles. The Bertz CT molecular complexity index is 312. The van der Waals surface area contributed by atoms with E-state index in [2.05, 4.69) is 10.3 Å². The van der Waals surface area contributed by atoms with Gasteiger partial charge in [0.2, 0.25) is 0 Å². The normalized spacial score (nSPS) is 9.42. The Morgan fingerprint density at radius 3 is 2.83 bits per heavy atom. The van der Waals surface area contributed by atoms with Crippen molar-refractivity contribution >= 4 is 17.2 Å². The first-order valence-electron chi connectivity index (χ1n) is 3.23. The molecule has 0 aromatic carbocycles. The van der Waals surface area contributed by atoms with Crippen molar-refractivity contribution in [2.24, 2.45) is 0 Å². The van der Waals surface area contributed by atoms with Crippen molar-refractivity contribution in [2.75, 3.05) is 18.1 Å². The zero-order valence-corrected chi connectivity index (χ0v) is 6.44. The highest BCUT2D eigenvalue weighted by Crippen LogP contribution is 2.19. The van der Waals surface area contributed by atoms with Gasteiger partial charge < -0.3 is 11.1 Å². The van der Waals surface area contributed by atoms with Gasteiger partial charge in [0, 0.05) is 13.1 Å². The molecule has 64 valence electrons. The molecule has 1 aromatic heterocycles. The molecule has 0 aliphatic rings. The molecule has 6 heteroatoms. The van der Waals surface area contributed by atoms with Crippen LogP contribution in [0.4, 0.5) is 17.2 Å². The van der Waals surface area contributed by atoms with Crippen molar-refractivity contribution in [2.45, 2.75) is 0 Å². The molecule has 1 rings (SSSR count). The fourth-order valence-corrected chi connectivity index (χ4v) is 0.779. The smallest absolute Gasteiger partial charge is 0.289 e. The Morgan fingerprint density at radius 2 is 2.42 bits per heavy atom. The lowest BCUT2D eigenvalue weighted by Crippen LogP contribution is -2.00. The molecule has 0 saturated heterocycles. The van der Waals surface area contributed by atoms with E-state index < -0.39 is 4.92 Å².